The third-order valence-corrected chi connectivity index (χ3v) is 4.03. The number of hydrogen-bond acceptors (Lipinski definition) is 2. The average Bonchev–Trinajstić information content (AvgIpc) is 2.47. The highest BCUT2D eigenvalue weighted by atomic mass is 35.5. The third kappa shape index (κ3) is 2.93. The monoisotopic (exact) mass is 304 g/mol. The lowest BCUT2D eigenvalue weighted by Crippen LogP contribution is -2.11. The Bertz CT molecular complexity index is 677. The molecule has 0 aromatic heterocycles. The number of carbonyl (C=O) groups excluding carboxylic acids is 1. The molecule has 108 valence electrons. The molecule has 0 amide bonds. The molecular weight excluding hydrogens is 291 g/mol. The summed E-state index contributed by atoms with van der Waals surface area (Å²) in [7, 11) is 0. The molecule has 0 aliphatic heterocycles. The van der Waals surface area contributed by atoms with Gasteiger partial charge in [-0.05, 0) is 42.7 Å². The van der Waals surface area contributed by atoms with Crippen molar-refractivity contribution >= 4 is 17.4 Å². The number of rotatable bonds is 3. The first kappa shape index (κ1) is 14.1. The van der Waals surface area contributed by atoms with Crippen molar-refractivity contribution in [1.82, 2.24) is 0 Å². The van der Waals surface area contributed by atoms with Gasteiger partial charge in [0.05, 0.1) is 5.02 Å². The van der Waals surface area contributed by atoms with Crippen molar-refractivity contribution in [3.8, 4) is 5.75 Å². The summed E-state index contributed by atoms with van der Waals surface area (Å²) < 4.78 is 19.3. The van der Waals surface area contributed by atoms with Gasteiger partial charge in [-0.2, -0.15) is 0 Å². The smallest absolute Gasteiger partial charge is 0.163 e. The molecule has 0 unspecified atom stereocenters. The highest BCUT2D eigenvalue weighted by Gasteiger charge is 2.17. The number of benzene rings is 2. The minimum absolute atomic E-state index is 0.0402. The van der Waals surface area contributed by atoms with E-state index in [0.717, 1.165) is 24.0 Å². The zero-order chi connectivity index (χ0) is 14.8. The lowest BCUT2D eigenvalue weighted by Gasteiger charge is -2.16. The second-order valence-electron chi connectivity index (χ2n) is 5.08. The molecule has 21 heavy (non-hydrogen) atoms. The highest BCUT2D eigenvalue weighted by molar-refractivity contribution is 6.31. The van der Waals surface area contributed by atoms with Crippen LogP contribution in [0.3, 0.4) is 0 Å². The summed E-state index contributed by atoms with van der Waals surface area (Å²) in [4.78, 5) is 11.9. The number of ether oxygens (including phenoxy) is 1. The summed E-state index contributed by atoms with van der Waals surface area (Å²) in [5, 5.41) is 0.337. The molecule has 3 rings (SSSR count). The van der Waals surface area contributed by atoms with Crippen LogP contribution >= 0.6 is 11.6 Å². The normalized spacial score (nSPS) is 13.9. The van der Waals surface area contributed by atoms with E-state index in [4.69, 9.17) is 16.3 Å². The van der Waals surface area contributed by atoms with Crippen LogP contribution in [0.4, 0.5) is 4.39 Å². The Labute approximate surface area is 127 Å². The minimum Gasteiger partial charge on any atom is -0.489 e. The van der Waals surface area contributed by atoms with E-state index in [1.165, 1.54) is 6.07 Å². The van der Waals surface area contributed by atoms with Gasteiger partial charge in [0.1, 0.15) is 18.2 Å². The first-order chi connectivity index (χ1) is 10.1. The first-order valence-corrected chi connectivity index (χ1v) is 7.25. The standard InChI is InChI=1S/C17H14ClFO2/c18-15-4-2-5-16(19)14(15)10-21-12-8-7-11-3-1-6-17(20)13(11)9-12/h2,4-5,7-9H,1,3,6,10H2. The number of halogens is 2. The molecule has 0 saturated carbocycles. The summed E-state index contributed by atoms with van der Waals surface area (Å²) in [6.07, 6.45) is 2.40. The summed E-state index contributed by atoms with van der Waals surface area (Å²) >= 11 is 5.96. The molecule has 0 saturated heterocycles. The van der Waals surface area contributed by atoms with Crippen LogP contribution in [-0.4, -0.2) is 5.78 Å². The highest BCUT2D eigenvalue weighted by Crippen LogP contribution is 2.27. The summed E-state index contributed by atoms with van der Waals surface area (Å²) in [5.74, 6) is 0.311. The van der Waals surface area contributed by atoms with Crippen molar-refractivity contribution in [2.45, 2.75) is 25.9 Å². The molecule has 2 aromatic carbocycles. The van der Waals surface area contributed by atoms with Crippen LogP contribution in [0.15, 0.2) is 36.4 Å². The summed E-state index contributed by atoms with van der Waals surface area (Å²) in [5.41, 5.74) is 2.10. The number of ketones is 1. The maximum Gasteiger partial charge on any atom is 0.163 e. The number of carbonyl (C=O) groups is 1. The van der Waals surface area contributed by atoms with Crippen molar-refractivity contribution < 1.29 is 13.9 Å². The Kier molecular flexibility index (Phi) is 3.93. The molecule has 0 heterocycles. The maximum absolute atomic E-state index is 13.7. The zero-order valence-corrected chi connectivity index (χ0v) is 12.1. The van der Waals surface area contributed by atoms with Crippen molar-refractivity contribution in [1.29, 1.82) is 0 Å². The van der Waals surface area contributed by atoms with E-state index in [1.807, 2.05) is 12.1 Å². The predicted octanol–water partition coefficient (Wildman–Crippen LogP) is 4.58. The Balaban J connectivity index is 1.80. The Morgan fingerprint density at radius 3 is 2.86 bits per heavy atom. The van der Waals surface area contributed by atoms with Gasteiger partial charge >= 0.3 is 0 Å². The van der Waals surface area contributed by atoms with E-state index < -0.39 is 5.82 Å². The van der Waals surface area contributed by atoms with E-state index in [2.05, 4.69) is 0 Å². The summed E-state index contributed by atoms with van der Waals surface area (Å²) in [6.45, 7) is 0.0402. The van der Waals surface area contributed by atoms with Crippen molar-refractivity contribution in [3.05, 3.63) is 63.9 Å². The summed E-state index contributed by atoms with van der Waals surface area (Å²) in [6, 6.07) is 9.99. The Morgan fingerprint density at radius 2 is 2.05 bits per heavy atom. The third-order valence-electron chi connectivity index (χ3n) is 3.68. The van der Waals surface area contributed by atoms with E-state index in [0.29, 0.717) is 22.8 Å². The maximum atomic E-state index is 13.7. The molecule has 1 aliphatic carbocycles. The molecule has 0 spiro atoms. The lowest BCUT2D eigenvalue weighted by atomic mass is 9.90. The van der Waals surface area contributed by atoms with E-state index in [-0.39, 0.29) is 12.4 Å². The van der Waals surface area contributed by atoms with Crippen molar-refractivity contribution in [3.63, 3.8) is 0 Å². The van der Waals surface area contributed by atoms with Gasteiger partial charge in [0.25, 0.3) is 0 Å². The molecule has 0 fully saturated rings. The van der Waals surface area contributed by atoms with Gasteiger partial charge in [-0.25, -0.2) is 4.39 Å². The first-order valence-electron chi connectivity index (χ1n) is 6.87. The second kappa shape index (κ2) is 5.86. The number of aryl methyl sites for hydroxylation is 1. The molecule has 0 atom stereocenters. The van der Waals surface area contributed by atoms with E-state index in [9.17, 15) is 9.18 Å². The van der Waals surface area contributed by atoms with Crippen LogP contribution in [0.25, 0.3) is 0 Å². The van der Waals surface area contributed by atoms with Gasteiger partial charge in [-0.3, -0.25) is 4.79 Å². The average molecular weight is 305 g/mol. The minimum atomic E-state index is -0.392. The zero-order valence-electron chi connectivity index (χ0n) is 11.4. The number of Topliss-reactive ketones (excluding diaryl/α,β-unsaturated/α-hetero) is 1. The van der Waals surface area contributed by atoms with Crippen molar-refractivity contribution in [2.24, 2.45) is 0 Å². The largest absolute Gasteiger partial charge is 0.489 e. The van der Waals surface area contributed by atoms with Crippen LogP contribution in [0, 0.1) is 5.82 Å². The quantitative estimate of drug-likeness (QED) is 0.830. The van der Waals surface area contributed by atoms with Gasteiger partial charge in [0.2, 0.25) is 0 Å². The van der Waals surface area contributed by atoms with Gasteiger partial charge in [0, 0.05) is 17.5 Å². The number of hydrogen-bond donors (Lipinski definition) is 0. The lowest BCUT2D eigenvalue weighted by molar-refractivity contribution is 0.0972. The second-order valence-corrected chi connectivity index (χ2v) is 5.49. The topological polar surface area (TPSA) is 26.3 Å². The van der Waals surface area contributed by atoms with Crippen molar-refractivity contribution in [2.75, 3.05) is 0 Å². The number of fused-ring (bicyclic) bond motifs is 1. The van der Waals surface area contributed by atoms with Crippen LogP contribution in [-0.2, 0) is 13.0 Å². The van der Waals surface area contributed by atoms with Gasteiger partial charge < -0.3 is 4.74 Å². The Morgan fingerprint density at radius 1 is 1.19 bits per heavy atom. The van der Waals surface area contributed by atoms with Crippen LogP contribution in [0.1, 0.15) is 34.3 Å². The van der Waals surface area contributed by atoms with E-state index in [1.54, 1.807) is 18.2 Å². The fraction of sp³-hybridized carbons (Fsp3) is 0.235. The van der Waals surface area contributed by atoms with E-state index >= 15 is 0 Å². The van der Waals surface area contributed by atoms with Crippen LogP contribution < -0.4 is 4.74 Å². The predicted molar refractivity (Wildman–Crippen MR) is 79.5 cm³/mol. The Hall–Kier alpha value is -1.87. The molecule has 4 heteroatoms. The molecule has 2 nitrogen and oxygen atoms in total. The van der Waals surface area contributed by atoms with Gasteiger partial charge in [-0.1, -0.05) is 23.7 Å². The molecule has 0 bridgehead atoms. The molecule has 0 N–H and O–H groups in total. The van der Waals surface area contributed by atoms with Gasteiger partial charge in [-0.15, -0.1) is 0 Å². The fourth-order valence-corrected chi connectivity index (χ4v) is 2.74. The fourth-order valence-electron chi connectivity index (χ4n) is 2.52. The van der Waals surface area contributed by atoms with Gasteiger partial charge in [0.15, 0.2) is 5.78 Å². The molecular formula is C17H14ClFO2. The molecule has 1 aliphatic rings. The molecule has 2 aromatic rings. The van der Waals surface area contributed by atoms with Crippen LogP contribution in [0.5, 0.6) is 5.75 Å². The van der Waals surface area contributed by atoms with Crippen LogP contribution in [0.2, 0.25) is 5.02 Å². The SMILES string of the molecule is O=C1CCCc2ccc(OCc3c(F)cccc3Cl)cc21. The molecule has 0 radical (unpaired) electrons.